The van der Waals surface area contributed by atoms with E-state index < -0.39 is 18.9 Å². The average molecular weight is 326 g/mol. The molecule has 1 aromatic carbocycles. The lowest BCUT2D eigenvalue weighted by atomic mass is 10.3. The highest BCUT2D eigenvalue weighted by Gasteiger charge is 2.19. The Balaban J connectivity index is 2.68. The van der Waals surface area contributed by atoms with Gasteiger partial charge in [-0.1, -0.05) is 6.92 Å². The van der Waals surface area contributed by atoms with Crippen molar-refractivity contribution < 1.29 is 16.8 Å². The molecular formula is C9H8ClNO4S3. The number of rotatable bonds is 3. The van der Waals surface area contributed by atoms with Crippen molar-refractivity contribution in [2.24, 2.45) is 0 Å². The zero-order valence-corrected chi connectivity index (χ0v) is 12.3. The van der Waals surface area contributed by atoms with Gasteiger partial charge in [-0.3, -0.25) is 0 Å². The first-order valence-electron chi connectivity index (χ1n) is 4.82. The van der Waals surface area contributed by atoms with Crippen LogP contribution < -0.4 is 0 Å². The molecule has 0 saturated carbocycles. The maximum absolute atomic E-state index is 11.7. The van der Waals surface area contributed by atoms with Gasteiger partial charge < -0.3 is 0 Å². The van der Waals surface area contributed by atoms with E-state index in [1.165, 1.54) is 25.1 Å². The summed E-state index contributed by atoms with van der Waals surface area (Å²) in [5, 5.41) is 0. The molecule has 0 spiro atoms. The summed E-state index contributed by atoms with van der Waals surface area (Å²) in [6, 6.07) is 4.09. The van der Waals surface area contributed by atoms with E-state index in [-0.39, 0.29) is 15.0 Å². The van der Waals surface area contributed by atoms with Crippen molar-refractivity contribution in [2.45, 2.75) is 16.2 Å². The second-order valence-corrected chi connectivity index (χ2v) is 9.50. The standard InChI is InChI=1S/C9H8ClNO4S3/c1-2-17(12,13)9-11-7-5-6(18(10,14)15)3-4-8(7)16-9/h3-5H,2H2,1H3. The molecule has 0 radical (unpaired) electrons. The molecule has 1 aromatic heterocycles. The molecule has 9 heteroatoms. The van der Waals surface area contributed by atoms with E-state index >= 15 is 0 Å². The lowest BCUT2D eigenvalue weighted by Gasteiger charge is -1.94. The highest BCUT2D eigenvalue weighted by molar-refractivity contribution is 8.13. The van der Waals surface area contributed by atoms with Gasteiger partial charge in [-0.25, -0.2) is 21.8 Å². The molecule has 0 aliphatic rings. The Bertz CT molecular complexity index is 807. The minimum atomic E-state index is -3.84. The maximum atomic E-state index is 11.7. The molecule has 18 heavy (non-hydrogen) atoms. The number of aromatic nitrogens is 1. The Morgan fingerprint density at radius 1 is 1.28 bits per heavy atom. The van der Waals surface area contributed by atoms with E-state index in [0.717, 1.165) is 11.3 Å². The lowest BCUT2D eigenvalue weighted by molar-refractivity contribution is 0.596. The van der Waals surface area contributed by atoms with Crippen LogP contribution in [0, 0.1) is 0 Å². The number of hydrogen-bond donors (Lipinski definition) is 0. The van der Waals surface area contributed by atoms with Crippen LogP contribution in [0.5, 0.6) is 0 Å². The average Bonchev–Trinajstić information content (AvgIpc) is 2.71. The summed E-state index contributed by atoms with van der Waals surface area (Å²) in [4.78, 5) is 3.84. The third-order valence-electron chi connectivity index (χ3n) is 2.27. The van der Waals surface area contributed by atoms with E-state index in [1.807, 2.05) is 0 Å². The molecule has 0 aliphatic heterocycles. The van der Waals surface area contributed by atoms with Crippen molar-refractivity contribution in [1.29, 1.82) is 0 Å². The Morgan fingerprint density at radius 2 is 1.94 bits per heavy atom. The predicted molar refractivity (Wildman–Crippen MR) is 70.4 cm³/mol. The third kappa shape index (κ3) is 2.51. The van der Waals surface area contributed by atoms with Crippen molar-refractivity contribution in [3.05, 3.63) is 18.2 Å². The molecule has 0 amide bonds. The van der Waals surface area contributed by atoms with Gasteiger partial charge in [0.2, 0.25) is 14.2 Å². The van der Waals surface area contributed by atoms with Crippen LogP contribution in [0.2, 0.25) is 0 Å². The smallest absolute Gasteiger partial charge is 0.225 e. The number of thiazole rings is 1. The molecule has 0 bridgehead atoms. The summed E-state index contributed by atoms with van der Waals surface area (Å²) >= 11 is 1.01. The minimum Gasteiger partial charge on any atom is -0.225 e. The fourth-order valence-electron chi connectivity index (χ4n) is 1.29. The second-order valence-electron chi connectivity index (χ2n) is 3.45. The molecule has 98 valence electrons. The van der Waals surface area contributed by atoms with Crippen LogP contribution >= 0.6 is 22.0 Å². The van der Waals surface area contributed by atoms with Crippen LogP contribution in [0.4, 0.5) is 0 Å². The topological polar surface area (TPSA) is 81.2 Å². The van der Waals surface area contributed by atoms with Crippen molar-refractivity contribution in [3.8, 4) is 0 Å². The van der Waals surface area contributed by atoms with Crippen LogP contribution in [0.15, 0.2) is 27.4 Å². The van der Waals surface area contributed by atoms with Gasteiger partial charge in [0.15, 0.2) is 0 Å². The summed E-state index contributed by atoms with van der Waals surface area (Å²) in [6.45, 7) is 1.52. The number of fused-ring (bicyclic) bond motifs is 1. The first-order valence-corrected chi connectivity index (χ1v) is 9.60. The molecule has 2 aromatic rings. The number of sulfone groups is 1. The number of nitrogens with zero attached hydrogens (tertiary/aromatic N) is 1. The normalized spacial score (nSPS) is 13.0. The van der Waals surface area contributed by atoms with Crippen LogP contribution in [0.1, 0.15) is 6.92 Å². The van der Waals surface area contributed by atoms with Crippen molar-refractivity contribution in [2.75, 3.05) is 5.75 Å². The molecule has 0 N–H and O–H groups in total. The van der Waals surface area contributed by atoms with Gasteiger partial charge in [-0.05, 0) is 18.2 Å². The number of halogens is 1. The first-order chi connectivity index (χ1) is 8.24. The van der Waals surface area contributed by atoms with Gasteiger partial charge >= 0.3 is 0 Å². The maximum Gasteiger partial charge on any atom is 0.261 e. The lowest BCUT2D eigenvalue weighted by Crippen LogP contribution is -2.02. The number of hydrogen-bond acceptors (Lipinski definition) is 6. The van der Waals surface area contributed by atoms with E-state index in [0.29, 0.717) is 10.2 Å². The predicted octanol–water partition coefficient (Wildman–Crippen LogP) is 2.02. The summed E-state index contributed by atoms with van der Waals surface area (Å²) in [6.07, 6.45) is 0. The second kappa shape index (κ2) is 4.44. The van der Waals surface area contributed by atoms with E-state index in [2.05, 4.69) is 4.98 Å². The molecule has 0 atom stereocenters. The monoisotopic (exact) mass is 325 g/mol. The molecule has 5 nitrogen and oxygen atoms in total. The van der Waals surface area contributed by atoms with Gasteiger partial charge in [0.25, 0.3) is 9.05 Å². The van der Waals surface area contributed by atoms with Crippen molar-refractivity contribution in [3.63, 3.8) is 0 Å². The summed E-state index contributed by atoms with van der Waals surface area (Å²) in [5.41, 5.74) is 0.314. The Morgan fingerprint density at radius 3 is 2.50 bits per heavy atom. The molecule has 0 aliphatic carbocycles. The summed E-state index contributed by atoms with van der Waals surface area (Å²) in [7, 11) is -2.01. The Hall–Kier alpha value is -0.700. The highest BCUT2D eigenvalue weighted by Crippen LogP contribution is 2.28. The van der Waals surface area contributed by atoms with Gasteiger partial charge in [-0.15, -0.1) is 11.3 Å². The molecule has 2 rings (SSSR count). The summed E-state index contributed by atoms with van der Waals surface area (Å²) < 4.78 is 46.2. The first kappa shape index (κ1) is 13.7. The van der Waals surface area contributed by atoms with Gasteiger partial charge in [-0.2, -0.15) is 0 Å². The van der Waals surface area contributed by atoms with E-state index in [9.17, 15) is 16.8 Å². The van der Waals surface area contributed by atoms with Crippen LogP contribution in [0.3, 0.4) is 0 Å². The SMILES string of the molecule is CCS(=O)(=O)c1nc2cc(S(=O)(=O)Cl)ccc2s1. The Kier molecular flexibility index (Phi) is 3.39. The zero-order valence-electron chi connectivity index (χ0n) is 9.12. The van der Waals surface area contributed by atoms with Crippen molar-refractivity contribution in [1.82, 2.24) is 4.98 Å². The largest absolute Gasteiger partial charge is 0.261 e. The van der Waals surface area contributed by atoms with E-state index in [4.69, 9.17) is 10.7 Å². The highest BCUT2D eigenvalue weighted by atomic mass is 35.7. The van der Waals surface area contributed by atoms with Gasteiger partial charge in [0.1, 0.15) is 0 Å². The van der Waals surface area contributed by atoms with Crippen molar-refractivity contribution >= 4 is 51.1 Å². The van der Waals surface area contributed by atoms with E-state index in [1.54, 1.807) is 0 Å². The molecular weight excluding hydrogens is 318 g/mol. The minimum absolute atomic E-state index is 0.0101. The Labute approximate surface area is 113 Å². The van der Waals surface area contributed by atoms with Crippen LogP contribution in [-0.4, -0.2) is 27.6 Å². The van der Waals surface area contributed by atoms with Gasteiger partial charge in [0.05, 0.1) is 20.9 Å². The van der Waals surface area contributed by atoms with Crippen LogP contribution in [0.25, 0.3) is 10.2 Å². The molecule has 0 saturated heterocycles. The third-order valence-corrected chi connectivity index (χ3v) is 6.84. The number of benzene rings is 1. The zero-order chi connectivity index (χ0) is 13.6. The quantitative estimate of drug-likeness (QED) is 0.806. The fourth-order valence-corrected chi connectivity index (χ4v) is 4.36. The van der Waals surface area contributed by atoms with Crippen LogP contribution in [-0.2, 0) is 18.9 Å². The molecule has 0 unspecified atom stereocenters. The molecule has 1 heterocycles. The summed E-state index contributed by atoms with van der Waals surface area (Å²) in [5.74, 6) is -0.0481. The fraction of sp³-hybridized carbons (Fsp3) is 0.222. The van der Waals surface area contributed by atoms with Gasteiger partial charge in [0, 0.05) is 10.7 Å². The molecule has 0 fully saturated rings.